The number of thioether (sulfide) groups is 1. The van der Waals surface area contributed by atoms with Gasteiger partial charge in [0.05, 0.1) is 43.4 Å². The summed E-state index contributed by atoms with van der Waals surface area (Å²) in [7, 11) is 2.48. The fourth-order valence-corrected chi connectivity index (χ4v) is 4.16. The zero-order valence-electron chi connectivity index (χ0n) is 21.4. The number of nitrogens with one attached hydrogen (secondary N) is 1. The van der Waals surface area contributed by atoms with Gasteiger partial charge in [0.25, 0.3) is 0 Å². The lowest BCUT2D eigenvalue weighted by Gasteiger charge is -2.12. The second-order valence-corrected chi connectivity index (χ2v) is 9.30. The van der Waals surface area contributed by atoms with Crippen molar-refractivity contribution in [2.24, 2.45) is 5.92 Å². The molecule has 0 unspecified atom stereocenters. The molecule has 2 aromatic carbocycles. The third-order valence-electron chi connectivity index (χ3n) is 5.18. The molecule has 0 saturated heterocycles. The molecule has 1 heterocycles. The van der Waals surface area contributed by atoms with Gasteiger partial charge in [0.1, 0.15) is 5.75 Å². The van der Waals surface area contributed by atoms with Gasteiger partial charge in [-0.2, -0.15) is 0 Å². The van der Waals surface area contributed by atoms with Crippen molar-refractivity contribution in [2.45, 2.75) is 32.5 Å². The van der Waals surface area contributed by atoms with E-state index in [1.807, 2.05) is 35.8 Å². The Hall–Kier alpha value is -3.86. The largest absolute Gasteiger partial charge is 0.493 e. The van der Waals surface area contributed by atoms with Crippen LogP contribution in [-0.2, 0) is 20.8 Å². The van der Waals surface area contributed by atoms with Crippen molar-refractivity contribution in [1.82, 2.24) is 14.8 Å². The molecule has 0 atom stereocenters. The van der Waals surface area contributed by atoms with Crippen molar-refractivity contribution < 1.29 is 28.6 Å². The molecule has 11 heteroatoms. The molecule has 0 aliphatic rings. The molecule has 1 aromatic heterocycles. The Bertz CT molecular complexity index is 1260. The molecule has 0 spiro atoms. The topological polar surface area (TPSA) is 122 Å². The number of esters is 2. The van der Waals surface area contributed by atoms with Crippen molar-refractivity contribution in [3.8, 4) is 17.1 Å². The van der Waals surface area contributed by atoms with E-state index in [0.717, 1.165) is 11.3 Å². The maximum absolute atomic E-state index is 12.8. The van der Waals surface area contributed by atoms with Crippen LogP contribution in [-0.4, -0.2) is 59.2 Å². The highest BCUT2D eigenvalue weighted by Gasteiger charge is 2.19. The van der Waals surface area contributed by atoms with Crippen molar-refractivity contribution in [1.29, 1.82) is 0 Å². The van der Waals surface area contributed by atoms with Gasteiger partial charge in [-0.1, -0.05) is 25.6 Å². The quantitative estimate of drug-likeness (QED) is 0.288. The fraction of sp³-hybridized carbons (Fsp3) is 0.346. The number of anilines is 1. The predicted octanol–water partition coefficient (Wildman–Crippen LogP) is 4.30. The van der Waals surface area contributed by atoms with Crippen LogP contribution >= 0.6 is 11.8 Å². The summed E-state index contributed by atoms with van der Waals surface area (Å²) in [4.78, 5) is 36.8. The van der Waals surface area contributed by atoms with Crippen LogP contribution < -0.4 is 10.1 Å². The van der Waals surface area contributed by atoms with Gasteiger partial charge in [-0.3, -0.25) is 4.79 Å². The first-order valence-corrected chi connectivity index (χ1v) is 12.7. The summed E-state index contributed by atoms with van der Waals surface area (Å²) in [6.45, 7) is 7.40. The van der Waals surface area contributed by atoms with Crippen molar-refractivity contribution in [2.75, 3.05) is 31.9 Å². The summed E-state index contributed by atoms with van der Waals surface area (Å²) in [5, 5.41) is 11.8. The van der Waals surface area contributed by atoms with Crippen LogP contribution in [0, 0.1) is 5.92 Å². The van der Waals surface area contributed by atoms with Crippen molar-refractivity contribution >= 4 is 35.3 Å². The monoisotopic (exact) mass is 526 g/mol. The predicted molar refractivity (Wildman–Crippen MR) is 140 cm³/mol. The first-order valence-electron chi connectivity index (χ1n) is 11.7. The first-order chi connectivity index (χ1) is 17.8. The van der Waals surface area contributed by atoms with Crippen LogP contribution in [0.2, 0.25) is 0 Å². The van der Waals surface area contributed by atoms with E-state index in [9.17, 15) is 14.4 Å². The third kappa shape index (κ3) is 7.10. The molecule has 1 N–H and O–H groups in total. The van der Waals surface area contributed by atoms with E-state index < -0.39 is 17.8 Å². The van der Waals surface area contributed by atoms with E-state index in [0.29, 0.717) is 30.1 Å². The molecule has 10 nitrogen and oxygen atoms in total. The Morgan fingerprint density at radius 2 is 1.70 bits per heavy atom. The van der Waals surface area contributed by atoms with E-state index in [1.54, 1.807) is 0 Å². The van der Waals surface area contributed by atoms with E-state index in [2.05, 4.69) is 29.4 Å². The summed E-state index contributed by atoms with van der Waals surface area (Å²) in [6.07, 6.45) is 0. The summed E-state index contributed by atoms with van der Waals surface area (Å²) in [6, 6.07) is 11.9. The van der Waals surface area contributed by atoms with Gasteiger partial charge in [-0.15, -0.1) is 10.2 Å². The molecule has 37 heavy (non-hydrogen) atoms. The molecule has 0 radical (unpaired) electrons. The number of nitrogens with zero attached hydrogens (tertiary/aromatic N) is 3. The molecular weight excluding hydrogens is 496 g/mol. The van der Waals surface area contributed by atoms with Crippen LogP contribution in [0.15, 0.2) is 47.6 Å². The minimum atomic E-state index is -0.643. The number of methoxy groups -OCH3 is 2. The van der Waals surface area contributed by atoms with Gasteiger partial charge in [0.2, 0.25) is 5.91 Å². The van der Waals surface area contributed by atoms with Gasteiger partial charge < -0.3 is 24.1 Å². The maximum Gasteiger partial charge on any atom is 0.339 e. The standard InChI is InChI=1S/C26H30N4O6S/c1-6-30-23(17-7-10-19(11-8-17)36-14-16(2)3)28-29-26(30)37-15-22(31)27-21-13-18(24(32)34-4)9-12-20(21)25(33)35-5/h7-13,16H,6,14-15H2,1-5H3,(H,27,31). The summed E-state index contributed by atoms with van der Waals surface area (Å²) in [5.74, 6) is 0.274. The third-order valence-corrected chi connectivity index (χ3v) is 6.15. The Morgan fingerprint density at radius 3 is 2.32 bits per heavy atom. The normalized spacial score (nSPS) is 10.8. The van der Waals surface area contributed by atoms with Gasteiger partial charge in [-0.25, -0.2) is 9.59 Å². The summed E-state index contributed by atoms with van der Waals surface area (Å²) in [5.41, 5.74) is 1.34. The van der Waals surface area contributed by atoms with Gasteiger partial charge >= 0.3 is 11.9 Å². The minimum absolute atomic E-state index is 0.00315. The van der Waals surface area contributed by atoms with E-state index >= 15 is 0 Å². The molecule has 0 saturated carbocycles. The highest BCUT2D eigenvalue weighted by molar-refractivity contribution is 7.99. The van der Waals surface area contributed by atoms with Crippen molar-refractivity contribution in [3.63, 3.8) is 0 Å². The molecule has 0 fully saturated rings. The average molecular weight is 527 g/mol. The van der Waals surface area contributed by atoms with Gasteiger partial charge in [0.15, 0.2) is 11.0 Å². The second-order valence-electron chi connectivity index (χ2n) is 8.36. The number of rotatable bonds is 11. The molecule has 0 bridgehead atoms. The Labute approximate surface area is 219 Å². The number of benzene rings is 2. The highest BCUT2D eigenvalue weighted by Crippen LogP contribution is 2.26. The molecule has 0 aliphatic heterocycles. The number of hydrogen-bond acceptors (Lipinski definition) is 9. The van der Waals surface area contributed by atoms with Gasteiger partial charge in [-0.05, 0) is 55.3 Å². The smallest absolute Gasteiger partial charge is 0.339 e. The lowest BCUT2D eigenvalue weighted by atomic mass is 10.1. The van der Waals surface area contributed by atoms with Crippen molar-refractivity contribution in [3.05, 3.63) is 53.6 Å². The number of carbonyl (C=O) groups excluding carboxylic acids is 3. The molecule has 0 aliphatic carbocycles. The zero-order valence-corrected chi connectivity index (χ0v) is 22.3. The molecular formula is C26H30N4O6S. The van der Waals surface area contributed by atoms with Crippen LogP contribution in [0.3, 0.4) is 0 Å². The van der Waals surface area contributed by atoms with E-state index in [-0.39, 0.29) is 22.6 Å². The molecule has 3 aromatic rings. The Balaban J connectivity index is 1.72. The lowest BCUT2D eigenvalue weighted by molar-refractivity contribution is -0.113. The number of carbonyl (C=O) groups is 3. The average Bonchev–Trinajstić information content (AvgIpc) is 3.33. The van der Waals surface area contributed by atoms with Crippen LogP contribution in [0.1, 0.15) is 41.5 Å². The fourth-order valence-electron chi connectivity index (χ4n) is 3.35. The highest BCUT2D eigenvalue weighted by atomic mass is 32.2. The summed E-state index contributed by atoms with van der Waals surface area (Å²) < 4.78 is 17.2. The van der Waals surface area contributed by atoms with Crippen LogP contribution in [0.5, 0.6) is 5.75 Å². The first kappa shape index (κ1) is 27.7. The number of amides is 1. The number of ether oxygens (including phenoxy) is 3. The Morgan fingerprint density at radius 1 is 1.00 bits per heavy atom. The number of aromatic nitrogens is 3. The molecule has 3 rings (SSSR count). The molecule has 1 amide bonds. The lowest BCUT2D eigenvalue weighted by Crippen LogP contribution is -2.18. The van der Waals surface area contributed by atoms with E-state index in [1.165, 1.54) is 44.2 Å². The van der Waals surface area contributed by atoms with E-state index in [4.69, 9.17) is 14.2 Å². The Kier molecular flexibility index (Phi) is 9.67. The van der Waals surface area contributed by atoms with Gasteiger partial charge in [0, 0.05) is 12.1 Å². The maximum atomic E-state index is 12.8. The molecule has 196 valence electrons. The minimum Gasteiger partial charge on any atom is -0.493 e. The SMILES string of the molecule is CCn1c(SCC(=O)Nc2cc(C(=O)OC)ccc2C(=O)OC)nnc1-c1ccc(OCC(C)C)cc1. The number of hydrogen-bond donors (Lipinski definition) is 1. The zero-order chi connectivity index (χ0) is 26.9. The van der Waals surface area contributed by atoms with Crippen LogP contribution in [0.25, 0.3) is 11.4 Å². The van der Waals surface area contributed by atoms with Crippen LogP contribution in [0.4, 0.5) is 5.69 Å². The summed E-state index contributed by atoms with van der Waals surface area (Å²) >= 11 is 1.21. The second kappa shape index (κ2) is 12.9.